The molecule has 0 radical (unpaired) electrons. The lowest BCUT2D eigenvalue weighted by Crippen LogP contribution is -2.30. The summed E-state index contributed by atoms with van der Waals surface area (Å²) in [7, 11) is 0. The summed E-state index contributed by atoms with van der Waals surface area (Å²) in [6, 6.07) is 13.6. The van der Waals surface area contributed by atoms with E-state index in [1.807, 2.05) is 0 Å². The molecule has 23 heavy (non-hydrogen) atoms. The van der Waals surface area contributed by atoms with E-state index in [-0.39, 0.29) is 6.10 Å². The molecule has 2 heteroatoms. The first kappa shape index (κ1) is 16.3. The van der Waals surface area contributed by atoms with Gasteiger partial charge in [0.1, 0.15) is 5.75 Å². The molecular formula is C21H29NO. The smallest absolute Gasteiger partial charge is 0.124 e. The Kier molecular flexibility index (Phi) is 5.56. The summed E-state index contributed by atoms with van der Waals surface area (Å²) in [4.78, 5) is 0. The quantitative estimate of drug-likeness (QED) is 0.767. The van der Waals surface area contributed by atoms with Gasteiger partial charge >= 0.3 is 0 Å². The van der Waals surface area contributed by atoms with Crippen molar-refractivity contribution in [2.24, 2.45) is 0 Å². The molecule has 0 aromatic heterocycles. The summed E-state index contributed by atoms with van der Waals surface area (Å²) in [5, 5.41) is 6.39. The zero-order valence-electron chi connectivity index (χ0n) is 14.5. The zero-order chi connectivity index (χ0) is 16.1. The molecule has 0 aliphatic heterocycles. The third kappa shape index (κ3) is 4.06. The number of nitrogens with one attached hydrogen (secondary N) is 1. The Morgan fingerprint density at radius 3 is 2.65 bits per heavy atom. The fraction of sp³-hybridized carbons (Fsp3) is 0.524. The van der Waals surface area contributed by atoms with Crippen molar-refractivity contribution in [3.63, 3.8) is 0 Å². The summed E-state index contributed by atoms with van der Waals surface area (Å²) in [6.07, 6.45) is 8.03. The topological polar surface area (TPSA) is 21.3 Å². The molecule has 2 aromatic rings. The van der Waals surface area contributed by atoms with Gasteiger partial charge in [-0.3, -0.25) is 0 Å². The van der Waals surface area contributed by atoms with E-state index < -0.39 is 0 Å². The van der Waals surface area contributed by atoms with Gasteiger partial charge in [0.15, 0.2) is 0 Å². The lowest BCUT2D eigenvalue weighted by molar-refractivity contribution is 0.215. The Balaban J connectivity index is 1.85. The predicted molar refractivity (Wildman–Crippen MR) is 98.0 cm³/mol. The Morgan fingerprint density at radius 2 is 1.87 bits per heavy atom. The molecule has 0 saturated heterocycles. The standard InChI is InChI=1S/C21H29NO/c1-3-16(2)23-21-14-13-17-9-7-8-12-19(17)20(21)15-22-18-10-5-4-6-11-18/h7-9,12-14,16,18,22H,3-6,10-11,15H2,1-2H3. The molecule has 2 nitrogen and oxygen atoms in total. The third-order valence-corrected chi connectivity index (χ3v) is 5.07. The monoisotopic (exact) mass is 311 g/mol. The molecule has 2 aromatic carbocycles. The number of hydrogen-bond acceptors (Lipinski definition) is 2. The van der Waals surface area contributed by atoms with Gasteiger partial charge in [0.2, 0.25) is 0 Å². The molecule has 1 saturated carbocycles. The summed E-state index contributed by atoms with van der Waals surface area (Å²) in [6.45, 7) is 5.22. The minimum absolute atomic E-state index is 0.254. The molecule has 0 heterocycles. The van der Waals surface area contributed by atoms with Gasteiger partial charge in [0, 0.05) is 18.2 Å². The molecule has 1 aliphatic rings. The van der Waals surface area contributed by atoms with E-state index in [2.05, 4.69) is 55.6 Å². The van der Waals surface area contributed by atoms with Crippen molar-refractivity contribution in [1.29, 1.82) is 0 Å². The van der Waals surface area contributed by atoms with Gasteiger partial charge in [-0.05, 0) is 43.0 Å². The van der Waals surface area contributed by atoms with E-state index in [9.17, 15) is 0 Å². The van der Waals surface area contributed by atoms with Gasteiger partial charge in [-0.2, -0.15) is 0 Å². The lowest BCUT2D eigenvalue weighted by Gasteiger charge is -2.24. The van der Waals surface area contributed by atoms with E-state index in [1.54, 1.807) is 0 Å². The normalized spacial score (nSPS) is 17.3. The van der Waals surface area contributed by atoms with E-state index in [1.165, 1.54) is 48.4 Å². The number of hydrogen-bond donors (Lipinski definition) is 1. The molecule has 124 valence electrons. The summed E-state index contributed by atoms with van der Waals surface area (Å²) in [5.74, 6) is 1.04. The highest BCUT2D eigenvalue weighted by Crippen LogP contribution is 2.30. The molecule has 1 aliphatic carbocycles. The Bertz CT molecular complexity index is 631. The van der Waals surface area contributed by atoms with Crippen LogP contribution in [0.15, 0.2) is 36.4 Å². The van der Waals surface area contributed by atoms with Gasteiger partial charge in [-0.15, -0.1) is 0 Å². The van der Waals surface area contributed by atoms with Gasteiger partial charge in [0.05, 0.1) is 6.10 Å². The van der Waals surface area contributed by atoms with Crippen LogP contribution in [0.5, 0.6) is 5.75 Å². The average molecular weight is 311 g/mol. The third-order valence-electron chi connectivity index (χ3n) is 5.07. The minimum Gasteiger partial charge on any atom is -0.490 e. The van der Waals surface area contributed by atoms with Gasteiger partial charge in [-0.1, -0.05) is 56.5 Å². The van der Waals surface area contributed by atoms with Crippen molar-refractivity contribution < 1.29 is 4.74 Å². The molecule has 3 rings (SSSR count). The highest BCUT2D eigenvalue weighted by molar-refractivity contribution is 5.87. The van der Waals surface area contributed by atoms with E-state index in [4.69, 9.17) is 4.74 Å². The van der Waals surface area contributed by atoms with E-state index >= 15 is 0 Å². The zero-order valence-corrected chi connectivity index (χ0v) is 14.5. The second-order valence-electron chi connectivity index (χ2n) is 6.82. The van der Waals surface area contributed by atoms with Crippen LogP contribution in [0.4, 0.5) is 0 Å². The van der Waals surface area contributed by atoms with Crippen LogP contribution in [0.1, 0.15) is 57.9 Å². The number of fused-ring (bicyclic) bond motifs is 1. The Hall–Kier alpha value is -1.54. The van der Waals surface area contributed by atoms with E-state index in [0.717, 1.165) is 18.7 Å². The number of rotatable bonds is 6. The van der Waals surface area contributed by atoms with Crippen LogP contribution in [0, 0.1) is 0 Å². The maximum absolute atomic E-state index is 6.20. The summed E-state index contributed by atoms with van der Waals surface area (Å²) < 4.78 is 6.20. The first-order valence-corrected chi connectivity index (χ1v) is 9.18. The van der Waals surface area contributed by atoms with E-state index in [0.29, 0.717) is 6.04 Å². The molecule has 1 atom stereocenters. The van der Waals surface area contributed by atoms with Crippen molar-refractivity contribution in [2.45, 2.75) is 71.1 Å². The SMILES string of the molecule is CCC(C)Oc1ccc2ccccc2c1CNC1CCCCC1. The number of benzene rings is 2. The van der Waals surface area contributed by atoms with Crippen LogP contribution in [0.25, 0.3) is 10.8 Å². The van der Waals surface area contributed by atoms with Gasteiger partial charge in [0.25, 0.3) is 0 Å². The first-order chi connectivity index (χ1) is 11.3. The maximum Gasteiger partial charge on any atom is 0.124 e. The van der Waals surface area contributed by atoms with Crippen LogP contribution >= 0.6 is 0 Å². The molecular weight excluding hydrogens is 282 g/mol. The Labute approximate surface area is 140 Å². The Morgan fingerprint density at radius 1 is 1.09 bits per heavy atom. The highest BCUT2D eigenvalue weighted by atomic mass is 16.5. The van der Waals surface area contributed by atoms with Crippen LogP contribution in [-0.4, -0.2) is 12.1 Å². The molecule has 0 bridgehead atoms. The van der Waals surface area contributed by atoms with Crippen LogP contribution in [0.2, 0.25) is 0 Å². The second-order valence-corrected chi connectivity index (χ2v) is 6.82. The van der Waals surface area contributed by atoms with Crippen molar-refractivity contribution >= 4 is 10.8 Å². The van der Waals surface area contributed by atoms with Crippen molar-refractivity contribution in [3.8, 4) is 5.75 Å². The van der Waals surface area contributed by atoms with Crippen LogP contribution < -0.4 is 10.1 Å². The van der Waals surface area contributed by atoms with Gasteiger partial charge < -0.3 is 10.1 Å². The van der Waals surface area contributed by atoms with Crippen LogP contribution in [-0.2, 0) is 6.54 Å². The van der Waals surface area contributed by atoms with Gasteiger partial charge in [-0.25, -0.2) is 0 Å². The second kappa shape index (κ2) is 7.83. The van der Waals surface area contributed by atoms with Crippen LogP contribution in [0.3, 0.4) is 0 Å². The lowest BCUT2D eigenvalue weighted by atomic mass is 9.95. The minimum atomic E-state index is 0.254. The largest absolute Gasteiger partial charge is 0.490 e. The number of ether oxygens (including phenoxy) is 1. The summed E-state index contributed by atoms with van der Waals surface area (Å²) >= 11 is 0. The predicted octanol–water partition coefficient (Wildman–Crippen LogP) is 5.44. The first-order valence-electron chi connectivity index (χ1n) is 9.18. The van der Waals surface area contributed by atoms with Crippen molar-refractivity contribution in [1.82, 2.24) is 5.32 Å². The molecule has 1 fully saturated rings. The fourth-order valence-corrected chi connectivity index (χ4v) is 3.46. The molecule has 0 amide bonds. The molecule has 0 spiro atoms. The van der Waals surface area contributed by atoms with Crippen molar-refractivity contribution in [3.05, 3.63) is 42.0 Å². The van der Waals surface area contributed by atoms with Crippen molar-refractivity contribution in [2.75, 3.05) is 0 Å². The summed E-state index contributed by atoms with van der Waals surface area (Å²) in [5.41, 5.74) is 1.31. The molecule has 1 N–H and O–H groups in total. The highest BCUT2D eigenvalue weighted by Gasteiger charge is 2.16. The molecule has 1 unspecified atom stereocenters. The maximum atomic E-state index is 6.20. The fourth-order valence-electron chi connectivity index (χ4n) is 3.46. The average Bonchev–Trinajstić information content (AvgIpc) is 2.61.